The molecule has 3 aromatic carbocycles. The van der Waals surface area contributed by atoms with Crippen molar-refractivity contribution in [3.63, 3.8) is 0 Å². The summed E-state index contributed by atoms with van der Waals surface area (Å²) in [6, 6.07) is 23.7. The van der Waals surface area contributed by atoms with E-state index in [9.17, 15) is 18.8 Å². The molecule has 4 aromatic heterocycles. The number of nitrogen functional groups attached to an aromatic ring is 1. The number of rotatable bonds is 28. The van der Waals surface area contributed by atoms with Gasteiger partial charge in [-0.2, -0.15) is 5.10 Å². The van der Waals surface area contributed by atoms with Crippen LogP contribution in [0.4, 0.5) is 10.2 Å². The fourth-order valence-corrected chi connectivity index (χ4v) is 10.6. The molecule has 2 amide bonds. The van der Waals surface area contributed by atoms with E-state index in [-0.39, 0.29) is 54.9 Å². The number of nitrogens with one attached hydrogen (secondary N) is 2. The molecule has 0 spiro atoms. The first kappa shape index (κ1) is 61.5. The first-order valence-corrected chi connectivity index (χ1v) is 29.1. The first-order chi connectivity index (χ1) is 42.6. The van der Waals surface area contributed by atoms with Crippen LogP contribution in [0, 0.1) is 5.82 Å². The van der Waals surface area contributed by atoms with Gasteiger partial charge in [-0.3, -0.25) is 29.4 Å². The van der Waals surface area contributed by atoms with E-state index in [0.717, 1.165) is 56.9 Å². The molecule has 0 bridgehead atoms. The molecule has 26 heteroatoms. The van der Waals surface area contributed by atoms with Gasteiger partial charge in [0, 0.05) is 99.1 Å². The number of halogens is 2. The number of fused-ring (bicyclic) bond motifs is 1. The van der Waals surface area contributed by atoms with E-state index in [2.05, 4.69) is 45.7 Å². The Morgan fingerprint density at radius 1 is 0.839 bits per heavy atom. The maximum atomic E-state index is 14.0. The quantitative estimate of drug-likeness (QED) is 0.0307. The van der Waals surface area contributed by atoms with Gasteiger partial charge in [0.2, 0.25) is 11.8 Å². The van der Waals surface area contributed by atoms with E-state index in [1.807, 2.05) is 70.3 Å². The highest BCUT2D eigenvalue weighted by Gasteiger charge is 2.34. The van der Waals surface area contributed by atoms with Crippen molar-refractivity contribution >= 4 is 52.1 Å². The maximum absolute atomic E-state index is 14.0. The van der Waals surface area contributed by atoms with Crippen LogP contribution in [0.3, 0.4) is 0 Å². The second kappa shape index (κ2) is 30.7. The Balaban J connectivity index is 0.560. The van der Waals surface area contributed by atoms with Gasteiger partial charge in [-0.1, -0.05) is 47.2 Å². The molecule has 1 unspecified atom stereocenters. The minimum Gasteiger partial charge on any atom is -0.466 e. The van der Waals surface area contributed by atoms with E-state index in [1.165, 1.54) is 31.6 Å². The number of nitrogens with two attached hydrogens (primary N) is 1. The van der Waals surface area contributed by atoms with Gasteiger partial charge in [0.1, 0.15) is 59.3 Å². The number of likely N-dealkylation sites (tertiary alicyclic amines) is 1. The number of methoxy groups -OCH3 is 1. The van der Waals surface area contributed by atoms with Crippen LogP contribution in [0.25, 0.3) is 22.3 Å². The number of piperazine rings is 1. The third-order valence-corrected chi connectivity index (χ3v) is 15.1. The SMILES string of the molecule is COC(=O)C1=C(COCc2cn(CCOCCOCCOCC(=O)NCCN3CCN(C/C=C/C(=O)N4CCC[C@@H](n5nc(-c6ccc(Oc7ccccc7)cc6)c6c(N)ncnc65)C4)CC3)nn2)NC(c2ccncc2)=NC1c1ccc(F)cc1Cl. The molecule has 4 N–H and O–H groups in total. The molecule has 456 valence electrons. The molecule has 3 aliphatic heterocycles. The van der Waals surface area contributed by atoms with Crippen molar-refractivity contribution in [3.05, 3.63) is 161 Å². The standard InChI is InChI=1S/C61H69ClFN15O9/c1-82-61(81)54-51(69-59(43-17-19-65-20-18-43)70-57(54)49-16-13-44(63)35-50(49)62)39-86-38-45-36-77(73-71-45)29-30-83-31-32-84-33-34-85-40-52(79)66-21-24-75-27-25-74(26-28-75)22-6-10-53(80)76-23-5-7-46(37-76)78-60-55(58(64)67-41-68-60)56(72-78)42-11-14-48(15-12-42)87-47-8-3-2-4-9-47/h2-4,6,8-20,35-36,41,46,57H,5,7,21-34,37-40H2,1H3,(H,66,79)(H,69,70)(H2,64,67,68)/b10-6+/t46-,57?/m1/s1. The van der Waals surface area contributed by atoms with Crippen molar-refractivity contribution in [1.29, 1.82) is 0 Å². The van der Waals surface area contributed by atoms with Crippen molar-refractivity contribution in [2.45, 2.75) is 38.1 Å². The molecule has 24 nitrogen and oxygen atoms in total. The second-order valence-electron chi connectivity index (χ2n) is 20.7. The number of nitrogens with zero attached hydrogens (tertiary/aromatic N) is 12. The molecule has 7 heterocycles. The highest BCUT2D eigenvalue weighted by atomic mass is 35.5. The molecule has 2 fully saturated rings. The highest BCUT2D eigenvalue weighted by Crippen LogP contribution is 2.38. The van der Waals surface area contributed by atoms with Crippen molar-refractivity contribution in [2.24, 2.45) is 4.99 Å². The number of pyridine rings is 1. The molecule has 10 rings (SSSR count). The van der Waals surface area contributed by atoms with Crippen molar-refractivity contribution < 1.29 is 47.2 Å². The number of carbonyl (C=O) groups is 3. The zero-order chi connectivity index (χ0) is 60.3. The first-order valence-electron chi connectivity index (χ1n) is 28.8. The Morgan fingerprint density at radius 2 is 1.60 bits per heavy atom. The number of anilines is 1. The van der Waals surface area contributed by atoms with Crippen LogP contribution in [0.5, 0.6) is 11.5 Å². The maximum Gasteiger partial charge on any atom is 0.338 e. The summed E-state index contributed by atoms with van der Waals surface area (Å²) in [6.45, 7) is 8.48. The summed E-state index contributed by atoms with van der Waals surface area (Å²) in [5.41, 5.74) is 10.8. The van der Waals surface area contributed by atoms with Gasteiger partial charge in [-0.05, 0) is 73.5 Å². The van der Waals surface area contributed by atoms with E-state index in [1.54, 1.807) is 41.5 Å². The van der Waals surface area contributed by atoms with Crippen LogP contribution in [-0.4, -0.2) is 190 Å². The average molecular weight is 1210 g/mol. The Hall–Kier alpha value is -8.56. The second-order valence-corrected chi connectivity index (χ2v) is 21.1. The highest BCUT2D eigenvalue weighted by molar-refractivity contribution is 6.31. The van der Waals surface area contributed by atoms with Crippen molar-refractivity contribution in [3.8, 4) is 22.8 Å². The predicted molar refractivity (Wildman–Crippen MR) is 321 cm³/mol. The lowest BCUT2D eigenvalue weighted by Gasteiger charge is -2.34. The number of aliphatic imine (C=N–C) groups is 1. The molecule has 2 saturated heterocycles. The number of hydrogen-bond donors (Lipinski definition) is 3. The number of esters is 1. The lowest BCUT2D eigenvalue weighted by molar-refractivity contribution is -0.136. The largest absolute Gasteiger partial charge is 0.466 e. The number of piperidine rings is 1. The summed E-state index contributed by atoms with van der Waals surface area (Å²) in [5, 5.41) is 20.3. The number of benzene rings is 3. The van der Waals surface area contributed by atoms with Gasteiger partial charge in [-0.25, -0.2) is 28.5 Å². The molecule has 87 heavy (non-hydrogen) atoms. The number of para-hydroxylation sites is 1. The van der Waals surface area contributed by atoms with E-state index >= 15 is 0 Å². The Morgan fingerprint density at radius 3 is 2.38 bits per heavy atom. The molecule has 0 saturated carbocycles. The number of hydrogen-bond acceptors (Lipinski definition) is 20. The molecule has 2 atom stereocenters. The number of carbonyl (C=O) groups excluding carboxylic acids is 3. The van der Waals surface area contributed by atoms with Crippen molar-refractivity contribution in [2.75, 3.05) is 118 Å². The smallest absolute Gasteiger partial charge is 0.338 e. The van der Waals surface area contributed by atoms with E-state index in [4.69, 9.17) is 55.8 Å². The van der Waals surface area contributed by atoms with E-state index in [0.29, 0.717) is 116 Å². The summed E-state index contributed by atoms with van der Waals surface area (Å²) >= 11 is 6.47. The monoisotopic (exact) mass is 1210 g/mol. The summed E-state index contributed by atoms with van der Waals surface area (Å²) in [6.07, 6.45) is 11.7. The zero-order valence-corrected chi connectivity index (χ0v) is 49.0. The van der Waals surface area contributed by atoms with Crippen LogP contribution >= 0.6 is 11.6 Å². The van der Waals surface area contributed by atoms with Gasteiger partial charge >= 0.3 is 5.97 Å². The normalized spacial score (nSPS) is 16.7. The Bertz CT molecular complexity index is 3530. The average Bonchev–Trinajstić information content (AvgIpc) is 3.16. The lowest BCUT2D eigenvalue weighted by atomic mass is 9.95. The molecule has 7 aromatic rings. The van der Waals surface area contributed by atoms with Crippen molar-refractivity contribution in [1.82, 2.24) is 65.1 Å². The third-order valence-electron chi connectivity index (χ3n) is 14.8. The summed E-state index contributed by atoms with van der Waals surface area (Å²) in [5.74, 6) is 0.840. The minimum absolute atomic E-state index is 0.0288. The van der Waals surface area contributed by atoms with Crippen LogP contribution in [0.2, 0.25) is 5.02 Å². The van der Waals surface area contributed by atoms with Crippen LogP contribution in [0.1, 0.15) is 41.7 Å². The van der Waals surface area contributed by atoms with Gasteiger partial charge in [0.15, 0.2) is 5.65 Å². The van der Waals surface area contributed by atoms with Gasteiger partial charge < -0.3 is 49.7 Å². The number of aromatic nitrogens is 8. The Labute approximate surface area is 507 Å². The summed E-state index contributed by atoms with van der Waals surface area (Å²) in [4.78, 5) is 63.5. The summed E-state index contributed by atoms with van der Waals surface area (Å²) in [7, 11) is 1.27. The molecule has 0 aliphatic carbocycles. The van der Waals surface area contributed by atoms with Gasteiger partial charge in [0.25, 0.3) is 0 Å². The molecule has 0 radical (unpaired) electrons. The van der Waals surface area contributed by atoms with Gasteiger partial charge in [-0.15, -0.1) is 5.10 Å². The number of amidine groups is 1. The van der Waals surface area contributed by atoms with Crippen LogP contribution in [-0.2, 0) is 51.2 Å². The van der Waals surface area contributed by atoms with Gasteiger partial charge in [0.05, 0.1) is 88.8 Å². The summed E-state index contributed by atoms with van der Waals surface area (Å²) < 4.78 is 51.6. The molecule has 3 aliphatic rings. The third kappa shape index (κ3) is 16.7. The minimum atomic E-state index is -0.915. The fraction of sp³-hybridized carbons (Fsp3) is 0.377. The number of amides is 2. The predicted octanol–water partition coefficient (Wildman–Crippen LogP) is 5.59. The van der Waals surface area contributed by atoms with Crippen LogP contribution < -0.4 is 21.1 Å². The van der Waals surface area contributed by atoms with E-state index < -0.39 is 17.8 Å². The zero-order valence-electron chi connectivity index (χ0n) is 48.2. The molecular weight excluding hydrogens is 1140 g/mol. The van der Waals surface area contributed by atoms with Crippen LogP contribution in [0.15, 0.2) is 138 Å². The fourth-order valence-electron chi connectivity index (χ4n) is 10.3. The Kier molecular flexibility index (Phi) is 21.7. The lowest BCUT2D eigenvalue weighted by Crippen LogP contribution is -2.48. The number of ether oxygens (including phenoxy) is 6. The topological polar surface area (TPSA) is 266 Å². The molecular formula is C61H69ClFN15O9.